The zero-order chi connectivity index (χ0) is 27.8. The minimum atomic E-state index is -0.638. The fourth-order valence-electron chi connectivity index (χ4n) is 4.14. The van der Waals surface area contributed by atoms with E-state index in [0.717, 1.165) is 37.3 Å². The zero-order valence-electron chi connectivity index (χ0n) is 22.3. The number of carbonyl (C=O) groups is 3. The molecule has 0 bridgehead atoms. The van der Waals surface area contributed by atoms with Crippen molar-refractivity contribution in [1.82, 2.24) is 15.2 Å². The van der Waals surface area contributed by atoms with Crippen LogP contribution in [0.4, 0.5) is 26.7 Å². The van der Waals surface area contributed by atoms with Gasteiger partial charge in [-0.3, -0.25) is 15.1 Å². The van der Waals surface area contributed by atoms with Crippen LogP contribution in [0.1, 0.15) is 62.1 Å². The number of rotatable bonds is 9. The second kappa shape index (κ2) is 13.0. The Labute approximate surface area is 236 Å². The molecule has 4 N–H and O–H groups in total. The summed E-state index contributed by atoms with van der Waals surface area (Å²) in [5, 5.41) is 18.6. The molecule has 1 unspecified atom stereocenters. The number of urea groups is 1. The van der Waals surface area contributed by atoms with Crippen LogP contribution in [0.3, 0.4) is 0 Å². The second-order valence-electron chi connectivity index (χ2n) is 10.3. The fourth-order valence-corrected chi connectivity index (χ4v) is 5.44. The average Bonchev–Trinajstić information content (AvgIpc) is 3.65. The molecule has 1 aliphatic heterocycles. The molecule has 4 heterocycles. The van der Waals surface area contributed by atoms with Gasteiger partial charge in [0.15, 0.2) is 0 Å². The van der Waals surface area contributed by atoms with Crippen LogP contribution in [0.2, 0.25) is 0 Å². The van der Waals surface area contributed by atoms with E-state index in [1.54, 1.807) is 43.8 Å². The highest BCUT2D eigenvalue weighted by molar-refractivity contribution is 7.09. The molecular weight excluding hydrogens is 536 g/mol. The van der Waals surface area contributed by atoms with Gasteiger partial charge in [0.1, 0.15) is 11.3 Å². The van der Waals surface area contributed by atoms with E-state index in [0.29, 0.717) is 11.4 Å². The first-order valence-corrected chi connectivity index (χ1v) is 14.7. The maximum Gasteiger partial charge on any atom is 0.412 e. The molecule has 0 saturated carbocycles. The minimum absolute atomic E-state index is 0.217. The number of hydrogen-bond acceptors (Lipinski definition) is 8. The molecule has 4 rings (SSSR count). The summed E-state index contributed by atoms with van der Waals surface area (Å²) in [4.78, 5) is 44.5. The topological polar surface area (TPSA) is 125 Å². The summed E-state index contributed by atoms with van der Waals surface area (Å²) in [6.45, 7) is 8.33. The van der Waals surface area contributed by atoms with Crippen LogP contribution in [0.25, 0.3) is 0 Å². The molecule has 0 aromatic carbocycles. The molecule has 0 spiro atoms. The number of hydrogen-bond donors (Lipinski definition) is 4. The fraction of sp³-hybridized carbons (Fsp3) is 0.407. The number of anilines is 3. The lowest BCUT2D eigenvalue weighted by Gasteiger charge is -2.22. The van der Waals surface area contributed by atoms with Crippen LogP contribution in [0.5, 0.6) is 0 Å². The third kappa shape index (κ3) is 8.77. The molecule has 1 aliphatic rings. The summed E-state index contributed by atoms with van der Waals surface area (Å²) in [6.07, 6.45) is 4.14. The normalized spacial score (nSPS) is 14.4. The van der Waals surface area contributed by atoms with Gasteiger partial charge in [0, 0.05) is 28.9 Å². The van der Waals surface area contributed by atoms with E-state index in [1.165, 1.54) is 35.5 Å². The van der Waals surface area contributed by atoms with Crippen molar-refractivity contribution in [3.8, 4) is 0 Å². The standard InChI is InChI=1S/C27H34N6O4S2/c1-27(2,3)37-26(36)32-23-17-39-16-22(23)30-24(34)21-7-6-18(14-28-21)20(8-12-33-10-4-5-11-33)31-25(35)29-19-9-13-38-15-19/h6-7,9,13-17,20H,4-5,8,10-12H2,1-3H3,(H,30,34)(H,32,36)(H2,29,31,35). The quantitative estimate of drug-likeness (QED) is 0.245. The van der Waals surface area contributed by atoms with Gasteiger partial charge in [-0.15, -0.1) is 11.3 Å². The zero-order valence-corrected chi connectivity index (χ0v) is 23.9. The molecule has 1 fully saturated rings. The number of carbonyl (C=O) groups excluding carboxylic acids is 3. The first-order valence-electron chi connectivity index (χ1n) is 12.8. The van der Waals surface area contributed by atoms with Gasteiger partial charge in [-0.25, -0.2) is 9.59 Å². The Balaban J connectivity index is 1.40. The van der Waals surface area contributed by atoms with Crippen molar-refractivity contribution in [3.63, 3.8) is 0 Å². The number of nitrogens with one attached hydrogen (secondary N) is 4. The van der Waals surface area contributed by atoms with Gasteiger partial charge in [-0.2, -0.15) is 11.3 Å². The van der Waals surface area contributed by atoms with Crippen LogP contribution in [-0.4, -0.2) is 53.2 Å². The molecule has 3 aromatic heterocycles. The molecule has 208 valence electrons. The highest BCUT2D eigenvalue weighted by atomic mass is 32.1. The number of ether oxygens (including phenoxy) is 1. The van der Waals surface area contributed by atoms with Crippen molar-refractivity contribution in [2.75, 3.05) is 35.6 Å². The minimum Gasteiger partial charge on any atom is -0.444 e. The Morgan fingerprint density at radius 1 is 1.00 bits per heavy atom. The maximum absolute atomic E-state index is 12.9. The Morgan fingerprint density at radius 3 is 2.38 bits per heavy atom. The highest BCUT2D eigenvalue weighted by Gasteiger charge is 2.21. The van der Waals surface area contributed by atoms with Crippen LogP contribution in [-0.2, 0) is 4.74 Å². The Hall–Kier alpha value is -3.48. The molecule has 39 heavy (non-hydrogen) atoms. The molecule has 3 aromatic rings. The molecular formula is C27H34N6O4S2. The maximum atomic E-state index is 12.9. The molecule has 1 atom stereocenters. The lowest BCUT2D eigenvalue weighted by Crippen LogP contribution is -2.35. The van der Waals surface area contributed by atoms with E-state index in [4.69, 9.17) is 4.74 Å². The number of nitrogens with zero attached hydrogens (tertiary/aromatic N) is 2. The largest absolute Gasteiger partial charge is 0.444 e. The summed E-state index contributed by atoms with van der Waals surface area (Å²) in [5.74, 6) is -0.413. The van der Waals surface area contributed by atoms with Crippen LogP contribution < -0.4 is 21.3 Å². The van der Waals surface area contributed by atoms with Crippen molar-refractivity contribution < 1.29 is 19.1 Å². The lowest BCUT2D eigenvalue weighted by atomic mass is 10.0. The summed E-state index contributed by atoms with van der Waals surface area (Å²) in [7, 11) is 0. The smallest absolute Gasteiger partial charge is 0.412 e. The predicted molar refractivity (Wildman–Crippen MR) is 156 cm³/mol. The van der Waals surface area contributed by atoms with Gasteiger partial charge in [0.25, 0.3) is 5.91 Å². The number of amides is 4. The van der Waals surface area contributed by atoms with Crippen molar-refractivity contribution in [2.24, 2.45) is 0 Å². The van der Waals surface area contributed by atoms with E-state index in [-0.39, 0.29) is 17.8 Å². The number of likely N-dealkylation sites (tertiary alicyclic amines) is 1. The van der Waals surface area contributed by atoms with Crippen molar-refractivity contribution in [2.45, 2.75) is 51.7 Å². The summed E-state index contributed by atoms with van der Waals surface area (Å²) >= 11 is 2.85. The molecule has 0 radical (unpaired) electrons. The molecule has 0 aliphatic carbocycles. The SMILES string of the molecule is CC(C)(C)OC(=O)Nc1cscc1NC(=O)c1ccc(C(CCN2CCCC2)NC(=O)Nc2ccsc2)cn1. The van der Waals surface area contributed by atoms with E-state index in [1.807, 2.05) is 22.9 Å². The van der Waals surface area contributed by atoms with Crippen LogP contribution in [0, 0.1) is 0 Å². The summed E-state index contributed by atoms with van der Waals surface area (Å²) in [5.41, 5.74) is 2.04. The Bertz CT molecular complexity index is 1250. The molecule has 4 amide bonds. The molecule has 1 saturated heterocycles. The van der Waals surface area contributed by atoms with Crippen molar-refractivity contribution >= 4 is 57.8 Å². The molecule has 10 nitrogen and oxygen atoms in total. The van der Waals surface area contributed by atoms with Gasteiger partial charge in [0.2, 0.25) is 0 Å². The van der Waals surface area contributed by atoms with E-state index in [2.05, 4.69) is 31.2 Å². The predicted octanol–water partition coefficient (Wildman–Crippen LogP) is 6.15. The van der Waals surface area contributed by atoms with Gasteiger partial charge < -0.3 is 25.6 Å². The Morgan fingerprint density at radius 2 is 1.74 bits per heavy atom. The van der Waals surface area contributed by atoms with Crippen molar-refractivity contribution in [3.05, 3.63) is 57.2 Å². The van der Waals surface area contributed by atoms with Gasteiger partial charge >= 0.3 is 12.1 Å². The van der Waals surface area contributed by atoms with Crippen molar-refractivity contribution in [1.29, 1.82) is 0 Å². The number of aromatic nitrogens is 1. The number of thiophene rings is 2. The first kappa shape index (κ1) is 28.5. The molecule has 12 heteroatoms. The van der Waals surface area contributed by atoms with E-state index < -0.39 is 17.6 Å². The van der Waals surface area contributed by atoms with Crippen LogP contribution in [0.15, 0.2) is 45.9 Å². The first-order chi connectivity index (χ1) is 18.7. The average molecular weight is 571 g/mol. The third-order valence-corrected chi connectivity index (χ3v) is 7.41. The second-order valence-corrected chi connectivity index (χ2v) is 11.8. The lowest BCUT2D eigenvalue weighted by molar-refractivity contribution is 0.0635. The van der Waals surface area contributed by atoms with Gasteiger partial charge in [0.05, 0.1) is 23.1 Å². The van der Waals surface area contributed by atoms with E-state index >= 15 is 0 Å². The van der Waals surface area contributed by atoms with Gasteiger partial charge in [-0.1, -0.05) is 6.07 Å². The third-order valence-electron chi connectivity index (χ3n) is 5.98. The highest BCUT2D eigenvalue weighted by Crippen LogP contribution is 2.28. The monoisotopic (exact) mass is 570 g/mol. The summed E-state index contributed by atoms with van der Waals surface area (Å²) < 4.78 is 5.29. The van der Waals surface area contributed by atoms with E-state index in [9.17, 15) is 14.4 Å². The van der Waals surface area contributed by atoms with Gasteiger partial charge in [-0.05, 0) is 76.2 Å². The Kier molecular flexibility index (Phi) is 9.54. The summed E-state index contributed by atoms with van der Waals surface area (Å²) in [6, 6.07) is 4.74. The number of pyridine rings is 1. The van der Waals surface area contributed by atoms with Crippen LogP contribution >= 0.6 is 22.7 Å².